The zero-order chi connectivity index (χ0) is 20.4. The quantitative estimate of drug-likeness (QED) is 0.495. The smallest absolute Gasteiger partial charge is 0.275 e. The Kier molecular flexibility index (Phi) is 5.26. The number of hydrogen-bond donors (Lipinski definition) is 2. The van der Waals surface area contributed by atoms with E-state index in [4.69, 9.17) is 16.1 Å². The molecule has 0 unspecified atom stereocenters. The largest absolute Gasteiger partial charge is 0.393 e. The van der Waals surface area contributed by atoms with Gasteiger partial charge in [0.15, 0.2) is 0 Å². The number of para-hydroxylation sites is 1. The normalized spacial score (nSPS) is 15.4. The molecule has 1 saturated carbocycles. The van der Waals surface area contributed by atoms with Gasteiger partial charge in [-0.2, -0.15) is 4.98 Å². The van der Waals surface area contributed by atoms with Gasteiger partial charge in [0.2, 0.25) is 5.82 Å². The first-order valence-electron chi connectivity index (χ1n) is 9.44. The van der Waals surface area contributed by atoms with E-state index in [0.717, 1.165) is 25.7 Å². The lowest BCUT2D eigenvalue weighted by Crippen LogP contribution is -2.36. The molecule has 1 heterocycles. The topological polar surface area (TPSA) is 94.2 Å². The van der Waals surface area contributed by atoms with Crippen molar-refractivity contribution in [3.63, 3.8) is 0 Å². The van der Waals surface area contributed by atoms with Crippen LogP contribution >= 0.6 is 0 Å². The Labute approximate surface area is 166 Å². The van der Waals surface area contributed by atoms with Crippen LogP contribution < -0.4 is 16.6 Å². The molecule has 0 atom stereocenters. The summed E-state index contributed by atoms with van der Waals surface area (Å²) in [6.07, 6.45) is 3.78. The maximum Gasteiger partial charge on any atom is 0.275 e. The minimum absolute atomic E-state index is 0.0249. The van der Waals surface area contributed by atoms with Gasteiger partial charge in [-0.25, -0.2) is 14.6 Å². The van der Waals surface area contributed by atoms with E-state index >= 15 is 0 Å². The highest BCUT2D eigenvalue weighted by atomic mass is 19.1. The lowest BCUT2D eigenvalue weighted by molar-refractivity contribution is 0.406. The number of aromatic nitrogens is 2. The SMILES string of the molecule is N/C(=C(/C1CCCC1)N(N)c1ccccc1F)c1nc(-c2ccccc2F)no1. The van der Waals surface area contributed by atoms with Crippen LogP contribution in [0.1, 0.15) is 31.6 Å². The molecule has 0 saturated heterocycles. The van der Waals surface area contributed by atoms with Crippen LogP contribution in [0.2, 0.25) is 0 Å². The number of anilines is 1. The number of benzene rings is 2. The fraction of sp³-hybridized carbons (Fsp3) is 0.238. The van der Waals surface area contributed by atoms with Crippen molar-refractivity contribution in [2.45, 2.75) is 25.7 Å². The van der Waals surface area contributed by atoms with Crippen molar-refractivity contribution in [2.75, 3.05) is 5.01 Å². The number of nitrogens with zero attached hydrogens (tertiary/aromatic N) is 3. The molecule has 1 aliphatic carbocycles. The molecule has 0 spiro atoms. The molecule has 2 aromatic carbocycles. The summed E-state index contributed by atoms with van der Waals surface area (Å²) in [6, 6.07) is 12.3. The lowest BCUT2D eigenvalue weighted by atomic mass is 10.0. The first-order chi connectivity index (χ1) is 14.1. The number of nitrogens with two attached hydrogens (primary N) is 2. The number of hydrogen-bond acceptors (Lipinski definition) is 6. The lowest BCUT2D eigenvalue weighted by Gasteiger charge is -2.27. The van der Waals surface area contributed by atoms with Crippen LogP contribution in [0.25, 0.3) is 17.1 Å². The Morgan fingerprint density at radius 2 is 1.66 bits per heavy atom. The number of halogens is 2. The van der Waals surface area contributed by atoms with Crippen molar-refractivity contribution in [2.24, 2.45) is 17.5 Å². The van der Waals surface area contributed by atoms with Crippen molar-refractivity contribution in [1.29, 1.82) is 0 Å². The molecular weight excluding hydrogens is 376 g/mol. The van der Waals surface area contributed by atoms with Crippen LogP contribution in [0.4, 0.5) is 14.5 Å². The summed E-state index contributed by atoms with van der Waals surface area (Å²) < 4.78 is 33.7. The van der Waals surface area contributed by atoms with Crippen molar-refractivity contribution < 1.29 is 13.3 Å². The molecule has 4 rings (SSSR count). The van der Waals surface area contributed by atoms with Gasteiger partial charge in [0.05, 0.1) is 16.9 Å². The molecule has 0 aliphatic heterocycles. The maximum absolute atomic E-state index is 14.3. The zero-order valence-electron chi connectivity index (χ0n) is 15.7. The molecule has 1 fully saturated rings. The molecule has 150 valence electrons. The molecule has 4 N–H and O–H groups in total. The number of rotatable bonds is 5. The molecule has 1 aliphatic rings. The van der Waals surface area contributed by atoms with Crippen LogP contribution in [0, 0.1) is 17.6 Å². The van der Waals surface area contributed by atoms with Gasteiger partial charge in [0.1, 0.15) is 17.3 Å². The van der Waals surface area contributed by atoms with E-state index in [-0.39, 0.29) is 34.6 Å². The molecular formula is C21H21F2N5O. The third kappa shape index (κ3) is 3.71. The zero-order valence-corrected chi connectivity index (χ0v) is 15.7. The average Bonchev–Trinajstić information content (AvgIpc) is 3.41. The summed E-state index contributed by atoms with van der Waals surface area (Å²) in [6.45, 7) is 0. The van der Waals surface area contributed by atoms with Gasteiger partial charge in [-0.3, -0.25) is 5.01 Å². The maximum atomic E-state index is 14.3. The monoisotopic (exact) mass is 397 g/mol. The van der Waals surface area contributed by atoms with Gasteiger partial charge in [-0.15, -0.1) is 0 Å². The van der Waals surface area contributed by atoms with Crippen LogP contribution in [0.15, 0.2) is 58.8 Å². The van der Waals surface area contributed by atoms with E-state index in [1.807, 2.05) is 0 Å². The summed E-state index contributed by atoms with van der Waals surface area (Å²) in [5.74, 6) is 5.52. The molecule has 8 heteroatoms. The van der Waals surface area contributed by atoms with Crippen molar-refractivity contribution >= 4 is 11.4 Å². The van der Waals surface area contributed by atoms with E-state index in [1.54, 1.807) is 36.4 Å². The van der Waals surface area contributed by atoms with Gasteiger partial charge in [-0.1, -0.05) is 42.3 Å². The van der Waals surface area contributed by atoms with E-state index in [9.17, 15) is 8.78 Å². The van der Waals surface area contributed by atoms with Crippen LogP contribution in [-0.4, -0.2) is 10.1 Å². The second-order valence-electron chi connectivity index (χ2n) is 7.00. The third-order valence-electron chi connectivity index (χ3n) is 5.16. The van der Waals surface area contributed by atoms with E-state index < -0.39 is 11.6 Å². The molecule has 0 bridgehead atoms. The first-order valence-corrected chi connectivity index (χ1v) is 9.44. The highest BCUT2D eigenvalue weighted by Crippen LogP contribution is 2.37. The molecule has 1 aromatic heterocycles. The van der Waals surface area contributed by atoms with Crippen LogP contribution in [0.5, 0.6) is 0 Å². The fourth-order valence-electron chi connectivity index (χ4n) is 3.72. The van der Waals surface area contributed by atoms with Gasteiger partial charge in [0, 0.05) is 5.92 Å². The van der Waals surface area contributed by atoms with E-state index in [0.29, 0.717) is 5.70 Å². The molecule has 0 radical (unpaired) electrons. The highest BCUT2D eigenvalue weighted by molar-refractivity contribution is 5.68. The summed E-state index contributed by atoms with van der Waals surface area (Å²) in [4.78, 5) is 4.26. The summed E-state index contributed by atoms with van der Waals surface area (Å²) in [5, 5.41) is 5.11. The van der Waals surface area contributed by atoms with Gasteiger partial charge < -0.3 is 10.3 Å². The fourth-order valence-corrected chi connectivity index (χ4v) is 3.72. The van der Waals surface area contributed by atoms with Crippen molar-refractivity contribution in [3.8, 4) is 11.4 Å². The first kappa shape index (κ1) is 19.1. The second kappa shape index (κ2) is 8.00. The number of hydrazine groups is 1. The van der Waals surface area contributed by atoms with Crippen LogP contribution in [-0.2, 0) is 0 Å². The average molecular weight is 397 g/mol. The summed E-state index contributed by atoms with van der Waals surface area (Å²) in [5.41, 5.74) is 7.48. The standard InChI is InChI=1S/C21H21F2N5O/c22-15-10-4-3-9-14(15)20-26-21(29-27-20)18(24)19(13-7-1-2-8-13)28(25)17-12-6-5-11-16(17)23/h3-6,9-13H,1-2,7-8,24-25H2/b19-18-. The van der Waals surface area contributed by atoms with E-state index in [2.05, 4.69) is 10.1 Å². The van der Waals surface area contributed by atoms with Gasteiger partial charge in [0.25, 0.3) is 5.89 Å². The predicted octanol–water partition coefficient (Wildman–Crippen LogP) is 4.21. The number of allylic oxidation sites excluding steroid dienone is 1. The predicted molar refractivity (Wildman–Crippen MR) is 106 cm³/mol. The van der Waals surface area contributed by atoms with Gasteiger partial charge in [-0.05, 0) is 37.1 Å². The van der Waals surface area contributed by atoms with Crippen molar-refractivity contribution in [3.05, 3.63) is 71.8 Å². The minimum atomic E-state index is -0.467. The Morgan fingerprint density at radius 3 is 2.34 bits per heavy atom. The Morgan fingerprint density at radius 1 is 1.00 bits per heavy atom. The highest BCUT2D eigenvalue weighted by Gasteiger charge is 2.29. The minimum Gasteiger partial charge on any atom is -0.393 e. The molecule has 6 nitrogen and oxygen atoms in total. The van der Waals surface area contributed by atoms with E-state index in [1.165, 1.54) is 17.1 Å². The third-order valence-corrected chi connectivity index (χ3v) is 5.16. The molecule has 29 heavy (non-hydrogen) atoms. The summed E-state index contributed by atoms with van der Waals surface area (Å²) in [7, 11) is 0. The Bertz CT molecular complexity index is 1040. The Hall–Kier alpha value is -3.26. The molecule has 3 aromatic rings. The summed E-state index contributed by atoms with van der Waals surface area (Å²) >= 11 is 0. The Balaban J connectivity index is 1.77. The van der Waals surface area contributed by atoms with Crippen molar-refractivity contribution in [1.82, 2.24) is 10.1 Å². The van der Waals surface area contributed by atoms with Gasteiger partial charge >= 0.3 is 0 Å². The molecule has 0 amide bonds. The second-order valence-corrected chi connectivity index (χ2v) is 7.00. The van der Waals surface area contributed by atoms with Crippen LogP contribution in [0.3, 0.4) is 0 Å².